The molecule has 7 nitrogen and oxygen atoms in total. The lowest BCUT2D eigenvalue weighted by Crippen LogP contribution is -2.40. The first-order valence-electron chi connectivity index (χ1n) is 7.99. The molecule has 0 saturated heterocycles. The van der Waals surface area contributed by atoms with E-state index < -0.39 is 5.60 Å². The largest absolute Gasteiger partial charge is 0.444 e. The van der Waals surface area contributed by atoms with E-state index in [1.807, 2.05) is 20.8 Å². The number of rotatable bonds is 2. The molecule has 2 heterocycles. The van der Waals surface area contributed by atoms with Crippen LogP contribution in [-0.4, -0.2) is 52.2 Å². The van der Waals surface area contributed by atoms with E-state index in [9.17, 15) is 9.59 Å². The Bertz CT molecular complexity index is 628. The highest BCUT2D eigenvalue weighted by Crippen LogP contribution is 2.29. The number of hydrogen-bond donors (Lipinski definition) is 0. The fraction of sp³-hybridized carbons (Fsp3) is 0.688. The Morgan fingerprint density at radius 1 is 1.35 bits per heavy atom. The third-order valence-corrected chi connectivity index (χ3v) is 4.10. The summed E-state index contributed by atoms with van der Waals surface area (Å²) < 4.78 is 10.7. The fourth-order valence-electron chi connectivity index (χ4n) is 2.65. The van der Waals surface area contributed by atoms with E-state index in [1.165, 1.54) is 0 Å². The quantitative estimate of drug-likeness (QED) is 0.834. The summed E-state index contributed by atoms with van der Waals surface area (Å²) in [5.74, 6) is 0.556. The second kappa shape index (κ2) is 5.54. The first-order chi connectivity index (χ1) is 10.8. The number of amides is 2. The number of aromatic nitrogens is 1. The van der Waals surface area contributed by atoms with E-state index in [1.54, 1.807) is 16.8 Å². The maximum atomic E-state index is 12.5. The van der Waals surface area contributed by atoms with Crippen molar-refractivity contribution in [3.8, 4) is 0 Å². The second-order valence-electron chi connectivity index (χ2n) is 7.23. The van der Waals surface area contributed by atoms with Gasteiger partial charge in [-0.1, -0.05) is 5.16 Å². The molecule has 0 unspecified atom stereocenters. The summed E-state index contributed by atoms with van der Waals surface area (Å²) in [6.45, 7) is 6.30. The Morgan fingerprint density at radius 2 is 2.04 bits per heavy atom. The number of carbonyl (C=O) groups excluding carboxylic acids is 2. The zero-order valence-electron chi connectivity index (χ0n) is 14.1. The molecular weight excluding hydrogens is 298 g/mol. The lowest BCUT2D eigenvalue weighted by Gasteiger charge is -2.29. The van der Waals surface area contributed by atoms with Crippen LogP contribution in [0.2, 0.25) is 0 Å². The van der Waals surface area contributed by atoms with Crippen molar-refractivity contribution >= 4 is 12.0 Å². The van der Waals surface area contributed by atoms with Crippen molar-refractivity contribution in [3.63, 3.8) is 0 Å². The molecule has 1 fully saturated rings. The smallest absolute Gasteiger partial charge is 0.410 e. The van der Waals surface area contributed by atoms with Crippen LogP contribution in [0.4, 0.5) is 4.79 Å². The Morgan fingerprint density at radius 3 is 2.65 bits per heavy atom. The summed E-state index contributed by atoms with van der Waals surface area (Å²) in [6, 6.07) is 0.306. The van der Waals surface area contributed by atoms with Crippen molar-refractivity contribution in [2.75, 3.05) is 13.6 Å². The van der Waals surface area contributed by atoms with Crippen LogP contribution < -0.4 is 0 Å². The van der Waals surface area contributed by atoms with Crippen LogP contribution in [-0.2, 0) is 17.7 Å². The molecule has 1 aliphatic carbocycles. The van der Waals surface area contributed by atoms with Gasteiger partial charge in [0.15, 0.2) is 5.69 Å². The van der Waals surface area contributed by atoms with Gasteiger partial charge in [-0.15, -0.1) is 0 Å². The van der Waals surface area contributed by atoms with E-state index in [-0.39, 0.29) is 12.0 Å². The van der Waals surface area contributed by atoms with Crippen LogP contribution in [0.25, 0.3) is 0 Å². The number of ether oxygens (including phenoxy) is 1. The molecule has 0 aromatic carbocycles. The summed E-state index contributed by atoms with van der Waals surface area (Å²) in [7, 11) is 1.79. The number of fused-ring (bicyclic) bond motifs is 1. The van der Waals surface area contributed by atoms with Crippen molar-refractivity contribution < 1.29 is 18.8 Å². The minimum absolute atomic E-state index is 0.136. The zero-order chi connectivity index (χ0) is 16.8. The van der Waals surface area contributed by atoms with Gasteiger partial charge in [0, 0.05) is 31.6 Å². The molecule has 126 valence electrons. The van der Waals surface area contributed by atoms with Gasteiger partial charge in [0.2, 0.25) is 0 Å². The minimum atomic E-state index is -0.545. The lowest BCUT2D eigenvalue weighted by atomic mass is 10.1. The van der Waals surface area contributed by atoms with E-state index in [0.717, 1.165) is 12.8 Å². The van der Waals surface area contributed by atoms with Crippen molar-refractivity contribution in [2.45, 2.75) is 58.2 Å². The molecule has 1 saturated carbocycles. The highest BCUT2D eigenvalue weighted by atomic mass is 16.6. The molecule has 1 aliphatic heterocycles. The van der Waals surface area contributed by atoms with Crippen LogP contribution in [0.1, 0.15) is 55.4 Å². The minimum Gasteiger partial charge on any atom is -0.444 e. The highest BCUT2D eigenvalue weighted by Gasteiger charge is 2.36. The van der Waals surface area contributed by atoms with Crippen LogP contribution in [0.5, 0.6) is 0 Å². The van der Waals surface area contributed by atoms with Crippen molar-refractivity contribution in [1.82, 2.24) is 15.0 Å². The van der Waals surface area contributed by atoms with E-state index in [2.05, 4.69) is 5.16 Å². The molecular formula is C16H23N3O4. The summed E-state index contributed by atoms with van der Waals surface area (Å²) in [5.41, 5.74) is 0.485. The molecule has 1 aromatic heterocycles. The molecule has 2 aliphatic rings. The summed E-state index contributed by atoms with van der Waals surface area (Å²) >= 11 is 0. The van der Waals surface area contributed by atoms with Crippen LogP contribution in [0.3, 0.4) is 0 Å². The Kier molecular flexibility index (Phi) is 3.82. The number of nitrogens with zero attached hydrogens (tertiary/aromatic N) is 3. The number of hydrogen-bond acceptors (Lipinski definition) is 5. The molecule has 0 N–H and O–H groups in total. The molecule has 0 spiro atoms. The Hall–Kier alpha value is -2.05. The average Bonchev–Trinajstić information content (AvgIpc) is 3.23. The summed E-state index contributed by atoms with van der Waals surface area (Å²) in [4.78, 5) is 28.1. The molecule has 23 heavy (non-hydrogen) atoms. The monoisotopic (exact) mass is 321 g/mol. The maximum absolute atomic E-state index is 12.5. The SMILES string of the molecule is CN(C(=O)c1noc2c1CN(C(=O)OC(C)(C)C)CC2)C1CC1. The Labute approximate surface area is 135 Å². The molecule has 0 bridgehead atoms. The van der Waals surface area contributed by atoms with Gasteiger partial charge in [0.1, 0.15) is 11.4 Å². The third-order valence-electron chi connectivity index (χ3n) is 4.10. The van der Waals surface area contributed by atoms with E-state index in [4.69, 9.17) is 9.26 Å². The summed E-state index contributed by atoms with van der Waals surface area (Å²) in [6.07, 6.45) is 2.24. The maximum Gasteiger partial charge on any atom is 0.410 e. The first-order valence-corrected chi connectivity index (χ1v) is 7.99. The van der Waals surface area contributed by atoms with Gasteiger partial charge in [0.05, 0.1) is 6.54 Å². The first kappa shape index (κ1) is 15.8. The predicted octanol–water partition coefficient (Wildman–Crippen LogP) is 2.20. The molecule has 2 amide bonds. The highest BCUT2D eigenvalue weighted by molar-refractivity contribution is 5.94. The molecule has 0 radical (unpaired) electrons. The average molecular weight is 321 g/mol. The van der Waals surface area contributed by atoms with Crippen LogP contribution in [0, 0.1) is 0 Å². The molecule has 3 rings (SSSR count). The van der Waals surface area contributed by atoms with Crippen molar-refractivity contribution in [2.24, 2.45) is 0 Å². The molecule has 1 aromatic rings. The van der Waals surface area contributed by atoms with Gasteiger partial charge in [0.25, 0.3) is 5.91 Å². The molecule has 7 heteroatoms. The predicted molar refractivity (Wildman–Crippen MR) is 82.0 cm³/mol. The van der Waals surface area contributed by atoms with E-state index >= 15 is 0 Å². The normalized spacial score (nSPS) is 17.7. The number of carbonyl (C=O) groups is 2. The van der Waals surface area contributed by atoms with Crippen molar-refractivity contribution in [3.05, 3.63) is 17.0 Å². The van der Waals surface area contributed by atoms with Gasteiger partial charge in [-0.25, -0.2) is 4.79 Å². The van der Waals surface area contributed by atoms with Gasteiger partial charge >= 0.3 is 6.09 Å². The molecule has 0 atom stereocenters. The fourth-order valence-corrected chi connectivity index (χ4v) is 2.65. The van der Waals surface area contributed by atoms with Gasteiger partial charge in [-0.05, 0) is 33.6 Å². The zero-order valence-corrected chi connectivity index (χ0v) is 14.1. The Balaban J connectivity index is 1.76. The van der Waals surface area contributed by atoms with Crippen LogP contribution in [0.15, 0.2) is 4.52 Å². The van der Waals surface area contributed by atoms with Gasteiger partial charge in [-0.3, -0.25) is 4.79 Å². The topological polar surface area (TPSA) is 75.9 Å². The van der Waals surface area contributed by atoms with Gasteiger partial charge in [-0.2, -0.15) is 0 Å². The standard InChI is InChI=1S/C16H23N3O4/c1-16(2,3)22-15(21)19-8-7-12-11(9-19)13(17-23-12)14(20)18(4)10-5-6-10/h10H,5-9H2,1-4H3. The van der Waals surface area contributed by atoms with Crippen LogP contribution >= 0.6 is 0 Å². The third kappa shape index (κ3) is 3.33. The second-order valence-corrected chi connectivity index (χ2v) is 7.23. The lowest BCUT2D eigenvalue weighted by molar-refractivity contribution is 0.0217. The summed E-state index contributed by atoms with van der Waals surface area (Å²) in [5, 5.41) is 3.95. The van der Waals surface area contributed by atoms with E-state index in [0.29, 0.717) is 42.6 Å². The van der Waals surface area contributed by atoms with Crippen molar-refractivity contribution in [1.29, 1.82) is 0 Å². The van der Waals surface area contributed by atoms with Gasteiger partial charge < -0.3 is 19.1 Å².